The van der Waals surface area contributed by atoms with Crippen molar-refractivity contribution in [3.05, 3.63) is 17.5 Å². The summed E-state index contributed by atoms with van der Waals surface area (Å²) in [6, 6.07) is 1.86. The van der Waals surface area contributed by atoms with E-state index < -0.39 is 0 Å². The second-order valence-corrected chi connectivity index (χ2v) is 3.85. The van der Waals surface area contributed by atoms with Gasteiger partial charge in [0, 0.05) is 13.0 Å². The van der Waals surface area contributed by atoms with Gasteiger partial charge in [0.2, 0.25) is 0 Å². The fourth-order valence-electron chi connectivity index (χ4n) is 1.66. The Bertz CT molecular complexity index is 328. The molecule has 0 spiro atoms. The maximum absolute atomic E-state index is 11.9. The number of nitrogens with zero attached hydrogens (tertiary/aromatic N) is 2. The molecule has 0 amide bonds. The fraction of sp³-hybridized carbons (Fsp3) is 0.636. The highest BCUT2D eigenvalue weighted by atomic mass is 16.1. The number of rotatable bonds is 4. The lowest BCUT2D eigenvalue weighted by molar-refractivity contribution is 0.0914. The Balaban J connectivity index is 2.83. The van der Waals surface area contributed by atoms with Crippen molar-refractivity contribution in [3.8, 4) is 0 Å². The summed E-state index contributed by atoms with van der Waals surface area (Å²) in [4.78, 5) is 11.9. The lowest BCUT2D eigenvalue weighted by Gasteiger charge is -2.08. The van der Waals surface area contributed by atoms with Gasteiger partial charge in [-0.3, -0.25) is 9.48 Å². The monoisotopic (exact) mass is 194 g/mol. The van der Waals surface area contributed by atoms with E-state index in [9.17, 15) is 4.79 Å². The molecule has 1 aromatic rings. The maximum Gasteiger partial charge on any atom is 0.183 e. The Hall–Kier alpha value is -1.12. The van der Waals surface area contributed by atoms with Crippen molar-refractivity contribution in [3.63, 3.8) is 0 Å². The minimum atomic E-state index is 0.106. The Kier molecular flexibility index (Phi) is 3.44. The van der Waals surface area contributed by atoms with Crippen molar-refractivity contribution in [2.45, 2.75) is 33.6 Å². The van der Waals surface area contributed by atoms with Crippen LogP contribution in [0.15, 0.2) is 6.07 Å². The second-order valence-electron chi connectivity index (χ2n) is 3.85. The van der Waals surface area contributed by atoms with Crippen LogP contribution in [0.5, 0.6) is 0 Å². The zero-order valence-corrected chi connectivity index (χ0v) is 9.37. The maximum atomic E-state index is 11.9. The molecule has 0 aliphatic heterocycles. The first kappa shape index (κ1) is 11.0. The summed E-state index contributed by atoms with van der Waals surface area (Å²) < 4.78 is 1.67. The van der Waals surface area contributed by atoms with E-state index in [-0.39, 0.29) is 11.7 Å². The van der Waals surface area contributed by atoms with E-state index in [1.807, 2.05) is 27.0 Å². The first-order valence-corrected chi connectivity index (χ1v) is 5.11. The molecular formula is C11H18N2O. The van der Waals surface area contributed by atoms with Crippen molar-refractivity contribution in [1.82, 2.24) is 9.78 Å². The van der Waals surface area contributed by atoms with Gasteiger partial charge in [-0.1, -0.05) is 20.3 Å². The van der Waals surface area contributed by atoms with E-state index in [1.165, 1.54) is 0 Å². The molecule has 1 atom stereocenters. The lowest BCUT2D eigenvalue weighted by Crippen LogP contribution is -2.15. The van der Waals surface area contributed by atoms with Crippen LogP contribution in [-0.2, 0) is 7.05 Å². The second kappa shape index (κ2) is 4.40. The van der Waals surface area contributed by atoms with Crippen molar-refractivity contribution in [2.75, 3.05) is 0 Å². The predicted octanol–water partition coefficient (Wildman–Crippen LogP) is 2.35. The van der Waals surface area contributed by atoms with Crippen LogP contribution in [0.2, 0.25) is 0 Å². The van der Waals surface area contributed by atoms with Crippen molar-refractivity contribution in [2.24, 2.45) is 13.0 Å². The standard InChI is InChI=1S/C11H18N2O/c1-5-6-8(2)11(14)10-7-9(3)12-13(10)4/h7-8H,5-6H2,1-4H3. The van der Waals surface area contributed by atoms with Crippen molar-refractivity contribution in [1.29, 1.82) is 0 Å². The first-order valence-electron chi connectivity index (χ1n) is 5.11. The molecule has 14 heavy (non-hydrogen) atoms. The highest BCUT2D eigenvalue weighted by Gasteiger charge is 2.17. The molecule has 78 valence electrons. The largest absolute Gasteiger partial charge is 0.292 e. The van der Waals surface area contributed by atoms with Gasteiger partial charge in [-0.2, -0.15) is 5.10 Å². The Morgan fingerprint density at radius 1 is 1.64 bits per heavy atom. The number of hydrogen-bond acceptors (Lipinski definition) is 2. The summed E-state index contributed by atoms with van der Waals surface area (Å²) >= 11 is 0. The molecule has 0 aliphatic rings. The molecule has 0 bridgehead atoms. The van der Waals surface area contributed by atoms with E-state index in [2.05, 4.69) is 12.0 Å². The summed E-state index contributed by atoms with van der Waals surface area (Å²) in [7, 11) is 1.82. The highest BCUT2D eigenvalue weighted by Crippen LogP contribution is 2.13. The molecule has 1 rings (SSSR count). The average Bonchev–Trinajstić information content (AvgIpc) is 2.44. The third kappa shape index (κ3) is 2.22. The molecular weight excluding hydrogens is 176 g/mol. The summed E-state index contributed by atoms with van der Waals surface area (Å²) in [5.74, 6) is 0.310. The number of aromatic nitrogens is 2. The number of carbonyl (C=O) groups is 1. The van der Waals surface area contributed by atoms with Gasteiger partial charge in [0.05, 0.1) is 5.69 Å². The third-order valence-electron chi connectivity index (χ3n) is 2.42. The molecule has 3 nitrogen and oxygen atoms in total. The van der Waals surface area contributed by atoms with Gasteiger partial charge in [0.25, 0.3) is 0 Å². The number of hydrogen-bond donors (Lipinski definition) is 0. The molecule has 0 N–H and O–H groups in total. The van der Waals surface area contributed by atoms with Crippen LogP contribution in [0.25, 0.3) is 0 Å². The fourth-order valence-corrected chi connectivity index (χ4v) is 1.66. The molecule has 1 aromatic heterocycles. The number of carbonyl (C=O) groups excluding carboxylic acids is 1. The molecule has 1 heterocycles. The molecule has 0 saturated heterocycles. The molecule has 0 aliphatic carbocycles. The molecule has 3 heteroatoms. The van der Waals surface area contributed by atoms with Gasteiger partial charge in [-0.05, 0) is 19.4 Å². The lowest BCUT2D eigenvalue weighted by atomic mass is 9.98. The van der Waals surface area contributed by atoms with Gasteiger partial charge < -0.3 is 0 Å². The van der Waals surface area contributed by atoms with Gasteiger partial charge in [-0.15, -0.1) is 0 Å². The molecule has 0 radical (unpaired) electrons. The van der Waals surface area contributed by atoms with Gasteiger partial charge in [-0.25, -0.2) is 0 Å². The van der Waals surface area contributed by atoms with Crippen molar-refractivity contribution < 1.29 is 4.79 Å². The van der Waals surface area contributed by atoms with Crippen molar-refractivity contribution >= 4 is 5.78 Å². The van der Waals surface area contributed by atoms with Crippen LogP contribution in [0.3, 0.4) is 0 Å². The van der Waals surface area contributed by atoms with Crippen LogP contribution in [0.4, 0.5) is 0 Å². The van der Waals surface area contributed by atoms with E-state index in [4.69, 9.17) is 0 Å². The highest BCUT2D eigenvalue weighted by molar-refractivity contribution is 5.96. The summed E-state index contributed by atoms with van der Waals surface area (Å²) in [6.07, 6.45) is 1.99. The minimum Gasteiger partial charge on any atom is -0.292 e. The minimum absolute atomic E-state index is 0.106. The van der Waals surface area contributed by atoms with Gasteiger partial charge in [0.15, 0.2) is 5.78 Å². The Morgan fingerprint density at radius 3 is 2.71 bits per heavy atom. The topological polar surface area (TPSA) is 34.9 Å². The quantitative estimate of drug-likeness (QED) is 0.689. The van der Waals surface area contributed by atoms with E-state index in [1.54, 1.807) is 4.68 Å². The number of Topliss-reactive ketones (excluding diaryl/α,β-unsaturated/α-hetero) is 1. The molecule has 0 aromatic carbocycles. The molecule has 0 saturated carbocycles. The zero-order valence-electron chi connectivity index (χ0n) is 9.37. The van der Waals surface area contributed by atoms with Gasteiger partial charge >= 0.3 is 0 Å². The van der Waals surface area contributed by atoms with E-state index in [0.29, 0.717) is 0 Å². The summed E-state index contributed by atoms with van der Waals surface area (Å²) in [6.45, 7) is 5.98. The molecule has 1 unspecified atom stereocenters. The van der Waals surface area contributed by atoms with Crippen LogP contribution >= 0.6 is 0 Å². The predicted molar refractivity (Wildman–Crippen MR) is 56.3 cm³/mol. The van der Waals surface area contributed by atoms with Crippen LogP contribution < -0.4 is 0 Å². The van der Waals surface area contributed by atoms with Crippen LogP contribution in [0, 0.1) is 12.8 Å². The SMILES string of the molecule is CCCC(C)C(=O)c1cc(C)nn1C. The Morgan fingerprint density at radius 2 is 2.29 bits per heavy atom. The zero-order chi connectivity index (χ0) is 10.7. The average molecular weight is 194 g/mol. The van der Waals surface area contributed by atoms with E-state index >= 15 is 0 Å². The normalized spacial score (nSPS) is 12.9. The first-order chi connectivity index (χ1) is 6.56. The third-order valence-corrected chi connectivity index (χ3v) is 2.42. The number of aryl methyl sites for hydroxylation is 2. The summed E-state index contributed by atoms with van der Waals surface area (Å²) in [5, 5.41) is 4.17. The van der Waals surface area contributed by atoms with E-state index in [0.717, 1.165) is 24.2 Å². The van der Waals surface area contributed by atoms with Crippen LogP contribution in [0.1, 0.15) is 42.9 Å². The smallest absolute Gasteiger partial charge is 0.183 e. The number of ketones is 1. The Labute approximate surface area is 85.1 Å². The van der Waals surface area contributed by atoms with Crippen LogP contribution in [-0.4, -0.2) is 15.6 Å². The molecule has 0 fully saturated rings. The van der Waals surface area contributed by atoms with Gasteiger partial charge in [0.1, 0.15) is 5.69 Å². The summed E-state index contributed by atoms with van der Waals surface area (Å²) in [5.41, 5.74) is 1.63.